The lowest BCUT2D eigenvalue weighted by molar-refractivity contribution is -0.127. The van der Waals surface area contributed by atoms with Crippen LogP contribution in [-0.2, 0) is 4.74 Å². The summed E-state index contributed by atoms with van der Waals surface area (Å²) in [5.74, 6) is 6.49. The van der Waals surface area contributed by atoms with Gasteiger partial charge in [0.05, 0.1) is 13.2 Å². The lowest BCUT2D eigenvalue weighted by atomic mass is 9.98. The Kier molecular flexibility index (Phi) is 8.40. The minimum atomic E-state index is -0.959. The molecule has 1 atom stereocenters. The smallest absolute Gasteiger partial charge is 0.345 e. The zero-order chi connectivity index (χ0) is 26.3. The molecule has 0 saturated carbocycles. The van der Waals surface area contributed by atoms with E-state index in [9.17, 15) is 4.79 Å². The van der Waals surface area contributed by atoms with Crippen LogP contribution >= 0.6 is 0 Å². The fourth-order valence-corrected chi connectivity index (χ4v) is 4.35. The Balaban J connectivity index is 1.51. The number of methoxy groups -OCH3 is 1. The van der Waals surface area contributed by atoms with Gasteiger partial charge in [-0.2, -0.15) is 0 Å². The zero-order valence-corrected chi connectivity index (χ0v) is 22.1. The first kappa shape index (κ1) is 26.2. The van der Waals surface area contributed by atoms with Crippen molar-refractivity contribution in [1.82, 2.24) is 0 Å². The van der Waals surface area contributed by atoms with Crippen molar-refractivity contribution in [1.29, 1.82) is 0 Å². The average Bonchev–Trinajstić information content (AvgIpc) is 2.89. The summed E-state index contributed by atoms with van der Waals surface area (Å²) in [6.07, 6.45) is 5.73. The maximum absolute atomic E-state index is 12.5. The van der Waals surface area contributed by atoms with Crippen LogP contribution in [0.1, 0.15) is 86.0 Å². The van der Waals surface area contributed by atoms with E-state index < -0.39 is 5.79 Å². The van der Waals surface area contributed by atoms with Crippen LogP contribution in [0.3, 0.4) is 0 Å². The number of carbonyl (C=O) groups is 1. The Hall–Kier alpha value is -3.91. The molecule has 5 heteroatoms. The first-order valence-electron chi connectivity index (χ1n) is 13.0. The maximum atomic E-state index is 12.5. The number of benzene rings is 3. The number of anilines is 1. The summed E-state index contributed by atoms with van der Waals surface area (Å²) in [5.41, 5.74) is 4.39. The standard InChI is InChI=1S/C32H35NO4/c1-5-6-7-8-9-29(33-26-18-21-30-28(22-26)31(34)37-32(2,3)36-30)25-16-12-23(13-17-25)10-11-24-14-19-27(35-4)20-15-24/h12-22,29,33H,5-9H2,1-4H3. The highest BCUT2D eigenvalue weighted by molar-refractivity contribution is 5.94. The molecule has 1 aliphatic rings. The number of cyclic esters (lactones) is 1. The highest BCUT2D eigenvalue weighted by Crippen LogP contribution is 2.34. The number of hydrogen-bond acceptors (Lipinski definition) is 5. The molecule has 0 fully saturated rings. The first-order chi connectivity index (χ1) is 17.9. The minimum Gasteiger partial charge on any atom is -0.497 e. The van der Waals surface area contributed by atoms with Gasteiger partial charge in [0.2, 0.25) is 5.79 Å². The van der Waals surface area contributed by atoms with Gasteiger partial charge in [-0.05, 0) is 66.6 Å². The van der Waals surface area contributed by atoms with E-state index in [1.807, 2.05) is 42.5 Å². The molecular formula is C32H35NO4. The largest absolute Gasteiger partial charge is 0.497 e. The second-order valence-corrected chi connectivity index (χ2v) is 9.75. The zero-order valence-electron chi connectivity index (χ0n) is 22.1. The van der Waals surface area contributed by atoms with Crippen LogP contribution in [-0.4, -0.2) is 18.9 Å². The van der Waals surface area contributed by atoms with Crippen molar-refractivity contribution in [2.75, 3.05) is 12.4 Å². The van der Waals surface area contributed by atoms with Crippen LogP contribution in [0.2, 0.25) is 0 Å². The third-order valence-corrected chi connectivity index (χ3v) is 6.34. The van der Waals surface area contributed by atoms with Gasteiger partial charge in [-0.15, -0.1) is 0 Å². The van der Waals surface area contributed by atoms with E-state index in [4.69, 9.17) is 14.2 Å². The maximum Gasteiger partial charge on any atom is 0.345 e. The van der Waals surface area contributed by atoms with Gasteiger partial charge in [0.1, 0.15) is 17.1 Å². The Morgan fingerprint density at radius 1 is 0.892 bits per heavy atom. The van der Waals surface area contributed by atoms with Gasteiger partial charge < -0.3 is 19.5 Å². The van der Waals surface area contributed by atoms with E-state index >= 15 is 0 Å². The molecule has 5 nitrogen and oxygen atoms in total. The number of nitrogens with one attached hydrogen (secondary N) is 1. The lowest BCUT2D eigenvalue weighted by Gasteiger charge is -2.32. The van der Waals surface area contributed by atoms with Crippen LogP contribution < -0.4 is 14.8 Å². The van der Waals surface area contributed by atoms with Crippen LogP contribution in [0.5, 0.6) is 11.5 Å². The molecule has 3 aromatic rings. The fourth-order valence-electron chi connectivity index (χ4n) is 4.35. The molecule has 1 N–H and O–H groups in total. The van der Waals surface area contributed by atoms with Crippen LogP contribution in [0, 0.1) is 11.8 Å². The summed E-state index contributed by atoms with van der Waals surface area (Å²) in [6.45, 7) is 5.69. The molecule has 0 saturated heterocycles. The van der Waals surface area contributed by atoms with Crippen molar-refractivity contribution >= 4 is 11.7 Å². The molecule has 0 spiro atoms. The quantitative estimate of drug-likeness (QED) is 0.188. The van der Waals surface area contributed by atoms with Gasteiger partial charge in [-0.25, -0.2) is 4.79 Å². The van der Waals surface area contributed by atoms with E-state index in [2.05, 4.69) is 48.3 Å². The molecule has 1 heterocycles. The molecule has 0 amide bonds. The number of ether oxygens (including phenoxy) is 3. The second-order valence-electron chi connectivity index (χ2n) is 9.75. The molecule has 37 heavy (non-hydrogen) atoms. The molecule has 0 bridgehead atoms. The third-order valence-electron chi connectivity index (χ3n) is 6.34. The lowest BCUT2D eigenvalue weighted by Crippen LogP contribution is -2.38. The molecule has 0 aliphatic carbocycles. The summed E-state index contributed by atoms with van der Waals surface area (Å²) in [5, 5.41) is 3.64. The minimum absolute atomic E-state index is 0.107. The number of hydrogen-bond donors (Lipinski definition) is 1. The van der Waals surface area contributed by atoms with Crippen LogP contribution in [0.4, 0.5) is 5.69 Å². The molecule has 1 aliphatic heterocycles. The van der Waals surface area contributed by atoms with Crippen molar-refractivity contribution in [3.8, 4) is 23.3 Å². The van der Waals surface area contributed by atoms with Gasteiger partial charge in [-0.3, -0.25) is 0 Å². The van der Waals surface area contributed by atoms with E-state index in [1.54, 1.807) is 21.0 Å². The van der Waals surface area contributed by atoms with Gasteiger partial charge in [0.25, 0.3) is 0 Å². The summed E-state index contributed by atoms with van der Waals surface area (Å²) in [7, 11) is 1.66. The Morgan fingerprint density at radius 2 is 1.57 bits per heavy atom. The van der Waals surface area contributed by atoms with Gasteiger partial charge in [-0.1, -0.05) is 56.6 Å². The van der Waals surface area contributed by atoms with Crippen LogP contribution in [0.25, 0.3) is 0 Å². The number of unbranched alkanes of at least 4 members (excludes halogenated alkanes) is 3. The molecule has 192 valence electrons. The predicted octanol–water partition coefficient (Wildman–Crippen LogP) is 7.50. The Labute approximate surface area is 220 Å². The van der Waals surface area contributed by atoms with Gasteiger partial charge in [0.15, 0.2) is 0 Å². The fraction of sp³-hybridized carbons (Fsp3) is 0.344. The van der Waals surface area contributed by atoms with Crippen molar-refractivity contribution < 1.29 is 19.0 Å². The number of carbonyl (C=O) groups excluding carboxylic acids is 1. The highest BCUT2D eigenvalue weighted by atomic mass is 16.7. The molecule has 1 unspecified atom stereocenters. The van der Waals surface area contributed by atoms with Gasteiger partial charge in [0, 0.05) is 30.7 Å². The Bertz CT molecular complexity index is 1270. The summed E-state index contributed by atoms with van der Waals surface area (Å²) >= 11 is 0. The van der Waals surface area contributed by atoms with Crippen molar-refractivity contribution in [2.45, 2.75) is 64.7 Å². The van der Waals surface area contributed by atoms with Crippen LogP contribution in [0.15, 0.2) is 66.7 Å². The number of fused-ring (bicyclic) bond motifs is 1. The van der Waals surface area contributed by atoms with E-state index in [0.29, 0.717) is 11.3 Å². The second kappa shape index (κ2) is 11.9. The molecule has 0 radical (unpaired) electrons. The summed E-state index contributed by atoms with van der Waals surface area (Å²) < 4.78 is 16.4. The normalized spacial score (nSPS) is 14.3. The van der Waals surface area contributed by atoms with Crippen molar-refractivity contribution in [3.63, 3.8) is 0 Å². The third kappa shape index (κ3) is 7.07. The molecule has 3 aromatic carbocycles. The van der Waals surface area contributed by atoms with Crippen molar-refractivity contribution in [2.24, 2.45) is 0 Å². The number of rotatable bonds is 9. The van der Waals surface area contributed by atoms with Gasteiger partial charge >= 0.3 is 5.97 Å². The summed E-state index contributed by atoms with van der Waals surface area (Å²) in [6, 6.07) is 21.9. The Morgan fingerprint density at radius 3 is 2.22 bits per heavy atom. The van der Waals surface area contributed by atoms with E-state index in [1.165, 1.54) is 24.8 Å². The summed E-state index contributed by atoms with van der Waals surface area (Å²) in [4.78, 5) is 12.5. The highest BCUT2D eigenvalue weighted by Gasteiger charge is 2.34. The molecular weight excluding hydrogens is 462 g/mol. The average molecular weight is 498 g/mol. The van der Waals surface area contributed by atoms with E-state index in [0.717, 1.165) is 35.4 Å². The number of esters is 1. The first-order valence-corrected chi connectivity index (χ1v) is 13.0. The SMILES string of the molecule is CCCCCCC(Nc1ccc2c(c1)C(=O)OC(C)(C)O2)c1ccc(C#Cc2ccc(OC)cc2)cc1. The van der Waals surface area contributed by atoms with E-state index in [-0.39, 0.29) is 12.0 Å². The predicted molar refractivity (Wildman–Crippen MR) is 147 cm³/mol. The molecule has 0 aromatic heterocycles. The molecule has 4 rings (SSSR count). The topological polar surface area (TPSA) is 56.8 Å². The monoisotopic (exact) mass is 497 g/mol. The van der Waals surface area contributed by atoms with Crippen molar-refractivity contribution in [3.05, 3.63) is 89.0 Å².